The summed E-state index contributed by atoms with van der Waals surface area (Å²) in [6.45, 7) is 3.28. The van der Waals surface area contributed by atoms with E-state index in [1.807, 2.05) is 23.7 Å². The zero-order valence-corrected chi connectivity index (χ0v) is 15.0. The van der Waals surface area contributed by atoms with Crippen molar-refractivity contribution in [3.63, 3.8) is 0 Å². The van der Waals surface area contributed by atoms with Crippen molar-refractivity contribution >= 4 is 28.5 Å². The molecule has 2 amide bonds. The molecule has 2 aromatic rings. The van der Waals surface area contributed by atoms with Crippen LogP contribution in [0.5, 0.6) is 0 Å². The normalized spacial score (nSPS) is 26.4. The van der Waals surface area contributed by atoms with Gasteiger partial charge in [0.15, 0.2) is 0 Å². The molecule has 1 aromatic carbocycles. The number of aliphatic hydroxyl groups excluding tert-OH is 1. The van der Waals surface area contributed by atoms with Gasteiger partial charge in [-0.2, -0.15) is 5.10 Å². The summed E-state index contributed by atoms with van der Waals surface area (Å²) in [5, 5.41) is 17.2. The summed E-state index contributed by atoms with van der Waals surface area (Å²) >= 11 is 6.20. The van der Waals surface area contributed by atoms with Gasteiger partial charge in [0.05, 0.1) is 24.4 Å². The van der Waals surface area contributed by atoms with E-state index < -0.39 is 11.6 Å². The molecule has 8 heteroatoms. The minimum atomic E-state index is -0.665. The number of hydrogen-bond donors (Lipinski definition) is 2. The van der Waals surface area contributed by atoms with Gasteiger partial charge in [0.1, 0.15) is 6.10 Å². The Balaban J connectivity index is 1.62. The molecular weight excluding hydrogens is 344 g/mol. The highest BCUT2D eigenvalue weighted by Gasteiger charge is 2.50. The summed E-state index contributed by atoms with van der Waals surface area (Å²) in [4.78, 5) is 18.3. The van der Waals surface area contributed by atoms with E-state index in [1.54, 1.807) is 11.1 Å². The van der Waals surface area contributed by atoms with Crippen LogP contribution in [0.3, 0.4) is 0 Å². The van der Waals surface area contributed by atoms with Crippen LogP contribution in [-0.4, -0.2) is 46.0 Å². The van der Waals surface area contributed by atoms with Gasteiger partial charge in [-0.15, -0.1) is 0 Å². The van der Waals surface area contributed by atoms with Gasteiger partial charge in [0, 0.05) is 29.1 Å². The van der Waals surface area contributed by atoms with Crippen LogP contribution < -0.4 is 5.48 Å². The zero-order valence-electron chi connectivity index (χ0n) is 14.2. The average Bonchev–Trinajstić information content (AvgIpc) is 3.12. The van der Waals surface area contributed by atoms with E-state index in [0.717, 1.165) is 29.3 Å². The lowest BCUT2D eigenvalue weighted by atomic mass is 9.75. The number of hydrogen-bond acceptors (Lipinski definition) is 4. The fourth-order valence-corrected chi connectivity index (χ4v) is 4.62. The number of urea groups is 1. The maximum absolute atomic E-state index is 11.9. The number of nitrogens with one attached hydrogen (secondary N) is 1. The fourth-order valence-electron chi connectivity index (χ4n) is 4.38. The summed E-state index contributed by atoms with van der Waals surface area (Å²) in [6.07, 6.45) is 2.71. The molecule has 1 unspecified atom stereocenters. The number of carbonyl (C=O) groups excluding carboxylic acids is 1. The molecule has 1 fully saturated rings. The summed E-state index contributed by atoms with van der Waals surface area (Å²) in [6, 6.07) is 3.48. The molecule has 2 N–H and O–H groups in total. The van der Waals surface area contributed by atoms with Crippen LogP contribution in [0, 0.1) is 5.92 Å². The number of likely N-dealkylation sites (tertiary alicyclic amines) is 1. The number of aromatic nitrogens is 2. The summed E-state index contributed by atoms with van der Waals surface area (Å²) in [5.74, 6) is 0.198. The molecule has 0 saturated carbocycles. The quantitative estimate of drug-likeness (QED) is 0.802. The fraction of sp³-hybridized carbons (Fsp3) is 0.529. The lowest BCUT2D eigenvalue weighted by Crippen LogP contribution is -2.50. The third-order valence-corrected chi connectivity index (χ3v) is 5.98. The van der Waals surface area contributed by atoms with Gasteiger partial charge >= 0.3 is 6.03 Å². The first-order chi connectivity index (χ1) is 12.0. The number of amides is 2. The van der Waals surface area contributed by atoms with E-state index in [1.165, 1.54) is 7.11 Å². The first-order valence-corrected chi connectivity index (χ1v) is 8.78. The molecule has 2 aliphatic rings. The molecule has 7 nitrogen and oxygen atoms in total. The molecule has 2 aliphatic heterocycles. The molecule has 1 aromatic heterocycles. The van der Waals surface area contributed by atoms with Gasteiger partial charge in [-0.1, -0.05) is 11.6 Å². The molecule has 0 aliphatic carbocycles. The van der Waals surface area contributed by atoms with Crippen LogP contribution in [0.1, 0.15) is 31.4 Å². The summed E-state index contributed by atoms with van der Waals surface area (Å²) < 4.78 is 1.95. The van der Waals surface area contributed by atoms with Crippen LogP contribution in [0.25, 0.3) is 10.9 Å². The van der Waals surface area contributed by atoms with Crippen molar-refractivity contribution < 1.29 is 14.7 Å². The number of halogens is 1. The summed E-state index contributed by atoms with van der Waals surface area (Å²) in [7, 11) is 1.42. The Labute approximate surface area is 150 Å². The number of piperidine rings is 1. The second-order valence-electron chi connectivity index (χ2n) is 6.99. The van der Waals surface area contributed by atoms with Gasteiger partial charge in [0.25, 0.3) is 0 Å². The van der Waals surface area contributed by atoms with Gasteiger partial charge < -0.3 is 10.0 Å². The minimum Gasteiger partial charge on any atom is -0.386 e. The van der Waals surface area contributed by atoms with Gasteiger partial charge in [-0.3, -0.25) is 9.52 Å². The molecule has 25 heavy (non-hydrogen) atoms. The Morgan fingerprint density at radius 2 is 2.16 bits per heavy atom. The smallest absolute Gasteiger partial charge is 0.341 e. The van der Waals surface area contributed by atoms with E-state index in [4.69, 9.17) is 16.4 Å². The molecule has 0 bridgehead atoms. The Kier molecular flexibility index (Phi) is 3.90. The van der Waals surface area contributed by atoms with Crippen LogP contribution in [0.15, 0.2) is 18.3 Å². The Hall–Kier alpha value is -1.83. The lowest BCUT2D eigenvalue weighted by Gasteiger charge is -2.42. The third kappa shape index (κ3) is 2.33. The first-order valence-electron chi connectivity index (χ1n) is 8.40. The molecule has 4 rings (SSSR count). The van der Waals surface area contributed by atoms with Crippen molar-refractivity contribution in [2.75, 3.05) is 20.2 Å². The van der Waals surface area contributed by atoms with E-state index in [9.17, 15) is 9.90 Å². The molecule has 2 atom stereocenters. The number of hydroxylamine groups is 1. The minimum absolute atomic E-state index is 0.198. The number of carbonyl (C=O) groups is 1. The maximum Gasteiger partial charge on any atom is 0.341 e. The lowest BCUT2D eigenvalue weighted by molar-refractivity contribution is -0.0139. The molecule has 134 valence electrons. The predicted molar refractivity (Wildman–Crippen MR) is 93.2 cm³/mol. The first kappa shape index (κ1) is 16.6. The molecule has 1 saturated heterocycles. The molecule has 0 spiro atoms. The molecule has 0 radical (unpaired) electrons. The highest BCUT2D eigenvalue weighted by molar-refractivity contribution is 6.31. The monoisotopic (exact) mass is 364 g/mol. The topological polar surface area (TPSA) is 79.6 Å². The molecule has 3 heterocycles. The van der Waals surface area contributed by atoms with Crippen molar-refractivity contribution in [3.05, 3.63) is 28.9 Å². The Bertz CT molecular complexity index is 831. The van der Waals surface area contributed by atoms with Crippen LogP contribution in [-0.2, 0) is 10.4 Å². The highest BCUT2D eigenvalue weighted by atomic mass is 35.5. The number of aliphatic hydroxyl groups is 1. The van der Waals surface area contributed by atoms with Crippen LogP contribution >= 0.6 is 11.6 Å². The third-order valence-electron chi connectivity index (χ3n) is 5.76. The van der Waals surface area contributed by atoms with E-state index in [-0.39, 0.29) is 11.9 Å². The van der Waals surface area contributed by atoms with Crippen molar-refractivity contribution in [2.24, 2.45) is 5.92 Å². The molecular formula is C17H21ClN4O3. The largest absolute Gasteiger partial charge is 0.386 e. The average molecular weight is 365 g/mol. The Morgan fingerprint density at radius 1 is 1.44 bits per heavy atom. The van der Waals surface area contributed by atoms with Gasteiger partial charge in [-0.05, 0) is 37.8 Å². The summed E-state index contributed by atoms with van der Waals surface area (Å²) in [5.41, 5.74) is 3.61. The number of rotatable bonds is 2. The van der Waals surface area contributed by atoms with E-state index in [0.29, 0.717) is 18.1 Å². The van der Waals surface area contributed by atoms with Crippen molar-refractivity contribution in [2.45, 2.75) is 31.4 Å². The van der Waals surface area contributed by atoms with Crippen LogP contribution in [0.2, 0.25) is 5.02 Å². The number of benzene rings is 1. The van der Waals surface area contributed by atoms with Crippen molar-refractivity contribution in [3.8, 4) is 0 Å². The maximum atomic E-state index is 11.9. The second-order valence-corrected chi connectivity index (χ2v) is 7.43. The van der Waals surface area contributed by atoms with Crippen molar-refractivity contribution in [1.29, 1.82) is 0 Å². The SMILES string of the molecule is CONC(=O)N1CCC(C2(C)[C@H](O)c3cc(Cl)cc4cnn2c34)CC1. The van der Waals surface area contributed by atoms with Crippen molar-refractivity contribution in [1.82, 2.24) is 20.2 Å². The van der Waals surface area contributed by atoms with Gasteiger partial charge in [-0.25, -0.2) is 10.3 Å². The van der Waals surface area contributed by atoms with E-state index >= 15 is 0 Å². The number of nitrogens with zero attached hydrogens (tertiary/aromatic N) is 3. The van der Waals surface area contributed by atoms with E-state index in [2.05, 4.69) is 10.6 Å². The predicted octanol–water partition coefficient (Wildman–Crippen LogP) is 2.43. The van der Waals surface area contributed by atoms with Crippen LogP contribution in [0.4, 0.5) is 4.79 Å². The van der Waals surface area contributed by atoms with Gasteiger partial charge in [0.2, 0.25) is 0 Å². The highest BCUT2D eigenvalue weighted by Crippen LogP contribution is 2.51. The standard InChI is InChI=1S/C17H21ClN4O3/c1-17(11-3-5-21(6-4-11)16(24)20-25-2)15(23)13-8-12(18)7-10-9-19-22(17)14(10)13/h7-9,11,15,23H,3-6H2,1-2H3,(H,20,24)/t15-,17?/m1/s1. The second kappa shape index (κ2) is 5.86. The Morgan fingerprint density at radius 3 is 2.84 bits per heavy atom. The zero-order chi connectivity index (χ0) is 17.8.